The topological polar surface area (TPSA) is 66.8 Å². The fraction of sp³-hybridized carbons (Fsp3) is 0.385. The Bertz CT molecular complexity index is 691. The number of hydrogen-bond acceptors (Lipinski definition) is 4. The van der Waals surface area contributed by atoms with E-state index in [0.717, 1.165) is 5.69 Å². The lowest BCUT2D eigenvalue weighted by atomic mass is 10.2. The number of sulfone groups is 1. The van der Waals surface area contributed by atoms with Crippen LogP contribution in [0.4, 0.5) is 5.69 Å². The Morgan fingerprint density at radius 1 is 1.33 bits per heavy atom. The first-order valence-electron chi connectivity index (χ1n) is 6.39. The quantitative estimate of drug-likeness (QED) is 0.761. The molecule has 21 heavy (non-hydrogen) atoms. The van der Waals surface area contributed by atoms with E-state index in [2.05, 4.69) is 4.99 Å². The summed E-state index contributed by atoms with van der Waals surface area (Å²) in [6, 6.07) is 9.22. The van der Waals surface area contributed by atoms with E-state index in [1.807, 2.05) is 35.2 Å². The van der Waals surface area contributed by atoms with Crippen LogP contribution < -0.4 is 4.90 Å². The summed E-state index contributed by atoms with van der Waals surface area (Å²) in [7, 11) is -3.03. The third kappa shape index (κ3) is 2.95. The van der Waals surface area contributed by atoms with Gasteiger partial charge in [0.2, 0.25) is 0 Å². The number of carbonyl (C=O) groups excluding carboxylic acids is 1. The fourth-order valence-electron chi connectivity index (χ4n) is 2.59. The van der Waals surface area contributed by atoms with Crippen molar-refractivity contribution in [3.63, 3.8) is 0 Å². The van der Waals surface area contributed by atoms with Gasteiger partial charge >= 0.3 is 0 Å². The molecule has 0 unspecified atom stereocenters. The summed E-state index contributed by atoms with van der Waals surface area (Å²) < 4.78 is 23.7. The van der Waals surface area contributed by atoms with E-state index < -0.39 is 15.7 Å². The van der Waals surface area contributed by atoms with E-state index in [0.29, 0.717) is 5.17 Å². The molecular formula is C13H13ClN2O3S2. The van der Waals surface area contributed by atoms with Gasteiger partial charge in [0, 0.05) is 10.9 Å². The summed E-state index contributed by atoms with van der Waals surface area (Å²) in [5.41, 5.74) is 0.843. The van der Waals surface area contributed by atoms with Crippen LogP contribution in [0.15, 0.2) is 35.3 Å². The Kier molecular flexibility index (Phi) is 3.98. The van der Waals surface area contributed by atoms with Crippen LogP contribution >= 0.6 is 23.4 Å². The molecule has 2 saturated heterocycles. The smallest absolute Gasteiger partial charge is 0.262 e. The number of fused-ring (bicyclic) bond motifs is 1. The normalized spacial score (nSPS) is 28.8. The largest absolute Gasteiger partial charge is 0.316 e. The van der Waals surface area contributed by atoms with Gasteiger partial charge in [0.05, 0.1) is 17.5 Å². The van der Waals surface area contributed by atoms with E-state index >= 15 is 0 Å². The van der Waals surface area contributed by atoms with E-state index in [4.69, 9.17) is 11.6 Å². The lowest BCUT2D eigenvalue weighted by Crippen LogP contribution is -2.37. The average Bonchev–Trinajstić information content (AvgIpc) is 2.90. The van der Waals surface area contributed by atoms with Crippen molar-refractivity contribution >= 4 is 50.0 Å². The Hall–Kier alpha value is -1.05. The maximum atomic E-state index is 11.8. The Labute approximate surface area is 132 Å². The van der Waals surface area contributed by atoms with Crippen LogP contribution in [-0.4, -0.2) is 48.2 Å². The third-order valence-corrected chi connectivity index (χ3v) is 6.87. The number of hydrogen-bond donors (Lipinski definition) is 0. The zero-order valence-electron chi connectivity index (χ0n) is 11.0. The number of anilines is 1. The highest BCUT2D eigenvalue weighted by Crippen LogP contribution is 2.40. The van der Waals surface area contributed by atoms with Gasteiger partial charge in [-0.2, -0.15) is 4.99 Å². The maximum Gasteiger partial charge on any atom is 0.262 e. The van der Waals surface area contributed by atoms with E-state index in [1.165, 1.54) is 11.8 Å². The number of aliphatic imine (C=N–C) groups is 1. The Morgan fingerprint density at radius 3 is 2.71 bits per heavy atom. The van der Waals surface area contributed by atoms with Crippen molar-refractivity contribution in [1.29, 1.82) is 0 Å². The van der Waals surface area contributed by atoms with Gasteiger partial charge in [0.25, 0.3) is 5.91 Å². The molecule has 2 atom stereocenters. The molecule has 112 valence electrons. The molecule has 0 aromatic heterocycles. The molecule has 0 saturated carbocycles. The second kappa shape index (κ2) is 5.62. The molecule has 2 aliphatic rings. The van der Waals surface area contributed by atoms with Crippen molar-refractivity contribution < 1.29 is 13.2 Å². The van der Waals surface area contributed by atoms with Crippen LogP contribution in [0.3, 0.4) is 0 Å². The molecule has 2 aliphatic heterocycles. The molecular weight excluding hydrogens is 332 g/mol. The molecule has 0 bridgehead atoms. The summed E-state index contributed by atoms with van der Waals surface area (Å²) >= 11 is 6.86. The zero-order chi connectivity index (χ0) is 15.0. The molecule has 5 nitrogen and oxygen atoms in total. The van der Waals surface area contributed by atoms with Gasteiger partial charge < -0.3 is 4.90 Å². The number of benzene rings is 1. The summed E-state index contributed by atoms with van der Waals surface area (Å²) in [6.45, 7) is 0. The number of amides is 1. The van der Waals surface area contributed by atoms with Gasteiger partial charge in [-0.05, 0) is 12.1 Å². The van der Waals surface area contributed by atoms with Crippen molar-refractivity contribution in [2.45, 2.75) is 11.3 Å². The van der Waals surface area contributed by atoms with E-state index in [-0.39, 0.29) is 28.7 Å². The Morgan fingerprint density at radius 2 is 2.05 bits per heavy atom. The molecule has 0 spiro atoms. The van der Waals surface area contributed by atoms with Crippen LogP contribution in [0.25, 0.3) is 0 Å². The molecule has 1 aromatic carbocycles. The van der Waals surface area contributed by atoms with Gasteiger partial charge in [-0.1, -0.05) is 30.0 Å². The molecule has 3 rings (SSSR count). The van der Waals surface area contributed by atoms with Crippen LogP contribution in [-0.2, 0) is 14.6 Å². The molecule has 0 aliphatic carbocycles. The molecule has 0 N–H and O–H groups in total. The van der Waals surface area contributed by atoms with Gasteiger partial charge in [0.1, 0.15) is 5.88 Å². The first-order valence-corrected chi connectivity index (χ1v) is 9.62. The number of thioether (sulfide) groups is 1. The maximum absolute atomic E-state index is 11.8. The van der Waals surface area contributed by atoms with Gasteiger partial charge in [-0.15, -0.1) is 11.6 Å². The number of carbonyl (C=O) groups is 1. The standard InChI is InChI=1S/C13H13ClN2O3S2/c14-6-12(17)15-13-16(9-4-2-1-3-5-9)10-7-21(18,19)8-11(10)20-13/h1-5,10-11H,6-8H2/t10-,11-/m1/s1. The molecule has 1 amide bonds. The second-order valence-corrected chi connectivity index (χ2v) is 8.56. The van der Waals surface area contributed by atoms with Gasteiger partial charge in [-0.25, -0.2) is 8.42 Å². The summed E-state index contributed by atoms with van der Waals surface area (Å²) in [6.07, 6.45) is 0. The minimum atomic E-state index is -3.03. The van der Waals surface area contributed by atoms with Crippen molar-refractivity contribution in [1.82, 2.24) is 0 Å². The Balaban J connectivity index is 2.00. The van der Waals surface area contributed by atoms with Crippen LogP contribution in [0.5, 0.6) is 0 Å². The second-order valence-electron chi connectivity index (χ2n) is 4.93. The van der Waals surface area contributed by atoms with Crippen molar-refractivity contribution in [3.8, 4) is 0 Å². The number of rotatable bonds is 2. The minimum absolute atomic E-state index is 0.0860. The highest BCUT2D eigenvalue weighted by Gasteiger charge is 2.49. The molecule has 8 heteroatoms. The lowest BCUT2D eigenvalue weighted by Gasteiger charge is -2.24. The van der Waals surface area contributed by atoms with Crippen LogP contribution in [0.2, 0.25) is 0 Å². The monoisotopic (exact) mass is 344 g/mol. The van der Waals surface area contributed by atoms with Crippen LogP contribution in [0, 0.1) is 0 Å². The third-order valence-electron chi connectivity index (χ3n) is 3.44. The first-order chi connectivity index (χ1) is 10.00. The predicted molar refractivity (Wildman–Crippen MR) is 85.9 cm³/mol. The number of amidine groups is 1. The average molecular weight is 345 g/mol. The molecule has 0 radical (unpaired) electrons. The van der Waals surface area contributed by atoms with Crippen molar-refractivity contribution in [3.05, 3.63) is 30.3 Å². The van der Waals surface area contributed by atoms with Gasteiger partial charge in [-0.3, -0.25) is 4.79 Å². The molecule has 1 aromatic rings. The van der Waals surface area contributed by atoms with Crippen molar-refractivity contribution in [2.24, 2.45) is 4.99 Å². The summed E-state index contributed by atoms with van der Waals surface area (Å²) in [4.78, 5) is 17.4. The number of nitrogens with zero attached hydrogens (tertiary/aromatic N) is 2. The highest BCUT2D eigenvalue weighted by molar-refractivity contribution is 8.16. The number of alkyl halides is 1. The van der Waals surface area contributed by atoms with Crippen molar-refractivity contribution in [2.75, 3.05) is 22.3 Å². The molecule has 2 fully saturated rings. The number of para-hydroxylation sites is 1. The minimum Gasteiger partial charge on any atom is -0.316 e. The van der Waals surface area contributed by atoms with E-state index in [9.17, 15) is 13.2 Å². The molecule has 2 heterocycles. The number of halogens is 1. The lowest BCUT2D eigenvalue weighted by molar-refractivity contribution is -0.115. The predicted octanol–water partition coefficient (Wildman–Crippen LogP) is 1.53. The summed E-state index contributed by atoms with van der Waals surface area (Å²) in [5, 5.41) is 0.453. The van der Waals surface area contributed by atoms with E-state index in [1.54, 1.807) is 0 Å². The highest BCUT2D eigenvalue weighted by atomic mass is 35.5. The fourth-order valence-corrected chi connectivity index (χ4v) is 6.58. The SMILES string of the molecule is O=C(CCl)N=C1S[C@@H]2CS(=O)(=O)C[C@H]2N1c1ccccc1. The van der Waals surface area contributed by atoms with Gasteiger partial charge in [0.15, 0.2) is 15.0 Å². The zero-order valence-corrected chi connectivity index (χ0v) is 13.4. The first kappa shape index (κ1) is 14.9. The summed E-state index contributed by atoms with van der Waals surface area (Å²) in [5.74, 6) is -0.379. The van der Waals surface area contributed by atoms with Crippen LogP contribution in [0.1, 0.15) is 0 Å².